The monoisotopic (exact) mass is 352 g/mol. The van der Waals surface area contributed by atoms with Crippen LogP contribution in [0.4, 0.5) is 5.69 Å². The van der Waals surface area contributed by atoms with E-state index in [0.717, 1.165) is 11.3 Å². The summed E-state index contributed by atoms with van der Waals surface area (Å²) in [6.45, 7) is 0.618. The minimum absolute atomic E-state index is 0.0715. The first-order chi connectivity index (χ1) is 12.1. The van der Waals surface area contributed by atoms with E-state index in [2.05, 4.69) is 17.2 Å². The van der Waals surface area contributed by atoms with E-state index in [1.54, 1.807) is 23.1 Å². The Labute approximate surface area is 151 Å². The van der Waals surface area contributed by atoms with Crippen LogP contribution >= 0.6 is 11.6 Å². The lowest BCUT2D eigenvalue weighted by Gasteiger charge is -2.16. The smallest absolute Gasteiger partial charge is 0.227 e. The van der Waals surface area contributed by atoms with E-state index in [0.29, 0.717) is 11.6 Å². The number of nitrogens with zero attached hydrogens (tertiary/aromatic N) is 1. The fraction of sp³-hybridized carbons (Fsp3) is 0.200. The number of carbonyl (C=O) groups is 2. The maximum atomic E-state index is 12.3. The van der Waals surface area contributed by atoms with E-state index in [9.17, 15) is 9.59 Å². The number of carbonyl (C=O) groups excluding carboxylic acids is 2. The maximum Gasteiger partial charge on any atom is 0.227 e. The lowest BCUT2D eigenvalue weighted by atomic mass is 10.1. The van der Waals surface area contributed by atoms with Crippen molar-refractivity contribution in [3.63, 3.8) is 0 Å². The predicted octanol–water partition coefficient (Wildman–Crippen LogP) is 2.86. The first-order valence-electron chi connectivity index (χ1n) is 8.01. The van der Waals surface area contributed by atoms with Gasteiger partial charge in [-0.05, 0) is 30.3 Å². The molecule has 1 heterocycles. The van der Waals surface area contributed by atoms with E-state index >= 15 is 0 Å². The highest BCUT2D eigenvalue weighted by Gasteiger charge is 2.34. The molecule has 1 aliphatic rings. The molecule has 2 aromatic carbocycles. The Hall–Kier alpha value is -2.77. The normalized spacial score (nSPS) is 16.3. The average molecular weight is 353 g/mol. The van der Waals surface area contributed by atoms with Crippen molar-refractivity contribution >= 4 is 29.1 Å². The van der Waals surface area contributed by atoms with Crippen molar-refractivity contribution in [3.05, 3.63) is 65.2 Å². The van der Waals surface area contributed by atoms with Crippen molar-refractivity contribution in [2.24, 2.45) is 5.92 Å². The van der Waals surface area contributed by atoms with Crippen LogP contribution in [0.5, 0.6) is 0 Å². The Bertz CT molecular complexity index is 840. The van der Waals surface area contributed by atoms with Crippen LogP contribution in [0.1, 0.15) is 12.0 Å². The molecule has 5 heteroatoms. The molecule has 1 atom stereocenters. The Morgan fingerprint density at radius 1 is 1.20 bits per heavy atom. The Morgan fingerprint density at radius 2 is 2.00 bits per heavy atom. The van der Waals surface area contributed by atoms with Gasteiger partial charge in [-0.2, -0.15) is 0 Å². The first-order valence-corrected chi connectivity index (χ1v) is 8.39. The van der Waals surface area contributed by atoms with Crippen LogP contribution in [0, 0.1) is 17.8 Å². The summed E-state index contributed by atoms with van der Waals surface area (Å²) >= 11 is 5.97. The van der Waals surface area contributed by atoms with Gasteiger partial charge in [0.05, 0.1) is 12.5 Å². The second-order valence-corrected chi connectivity index (χ2v) is 6.21. The van der Waals surface area contributed by atoms with Crippen molar-refractivity contribution in [2.75, 3.05) is 18.0 Å². The summed E-state index contributed by atoms with van der Waals surface area (Å²) < 4.78 is 0. The zero-order valence-corrected chi connectivity index (χ0v) is 14.3. The topological polar surface area (TPSA) is 49.4 Å². The SMILES string of the molecule is O=C(NCC#Cc1ccccc1)C1CC(=O)N(c2cccc(Cl)c2)C1. The number of benzene rings is 2. The molecule has 0 aromatic heterocycles. The van der Waals surface area contributed by atoms with Crippen LogP contribution in [-0.4, -0.2) is 24.9 Å². The minimum Gasteiger partial charge on any atom is -0.345 e. The summed E-state index contributed by atoms with van der Waals surface area (Å²) in [5.74, 6) is 5.31. The molecule has 1 fully saturated rings. The van der Waals surface area contributed by atoms with Gasteiger partial charge in [0.1, 0.15) is 0 Å². The molecule has 3 rings (SSSR count). The van der Waals surface area contributed by atoms with Crippen molar-refractivity contribution < 1.29 is 9.59 Å². The molecule has 0 aliphatic carbocycles. The quantitative estimate of drug-likeness (QED) is 0.863. The van der Waals surface area contributed by atoms with E-state index in [1.807, 2.05) is 36.4 Å². The second-order valence-electron chi connectivity index (χ2n) is 5.77. The minimum atomic E-state index is -0.370. The number of amides is 2. The molecular formula is C20H17ClN2O2. The van der Waals surface area contributed by atoms with Gasteiger partial charge in [0, 0.05) is 29.2 Å². The standard InChI is InChI=1S/C20H17ClN2O2/c21-17-9-4-10-18(13-17)23-14-16(12-19(23)24)20(25)22-11-5-8-15-6-2-1-3-7-15/h1-4,6-7,9-10,13,16H,11-12,14H2,(H,22,25). The largest absolute Gasteiger partial charge is 0.345 e. The maximum absolute atomic E-state index is 12.3. The van der Waals surface area contributed by atoms with Crippen molar-refractivity contribution in [1.82, 2.24) is 5.32 Å². The number of hydrogen-bond acceptors (Lipinski definition) is 2. The molecule has 1 unspecified atom stereocenters. The molecule has 126 valence electrons. The highest BCUT2D eigenvalue weighted by atomic mass is 35.5. The van der Waals surface area contributed by atoms with Gasteiger partial charge < -0.3 is 10.2 Å². The molecule has 0 saturated carbocycles. The molecule has 1 aliphatic heterocycles. The number of hydrogen-bond donors (Lipinski definition) is 1. The fourth-order valence-corrected chi connectivity index (χ4v) is 2.90. The molecule has 0 bridgehead atoms. The Morgan fingerprint density at radius 3 is 2.76 bits per heavy atom. The van der Waals surface area contributed by atoms with Crippen LogP contribution in [0.15, 0.2) is 54.6 Å². The van der Waals surface area contributed by atoms with Gasteiger partial charge in [-0.1, -0.05) is 47.7 Å². The fourth-order valence-electron chi connectivity index (χ4n) is 2.72. The first kappa shape index (κ1) is 17.1. The molecular weight excluding hydrogens is 336 g/mol. The lowest BCUT2D eigenvalue weighted by Crippen LogP contribution is -2.33. The summed E-state index contributed by atoms with van der Waals surface area (Å²) in [7, 11) is 0. The zero-order valence-electron chi connectivity index (χ0n) is 13.5. The number of rotatable bonds is 3. The molecule has 25 heavy (non-hydrogen) atoms. The van der Waals surface area contributed by atoms with E-state index in [4.69, 9.17) is 11.6 Å². The Balaban J connectivity index is 1.55. The molecule has 1 N–H and O–H groups in total. The summed E-state index contributed by atoms with van der Waals surface area (Å²) in [5.41, 5.74) is 1.62. The van der Waals surface area contributed by atoms with Gasteiger partial charge in [0.2, 0.25) is 11.8 Å². The second kappa shape index (κ2) is 7.87. The average Bonchev–Trinajstić information content (AvgIpc) is 3.01. The van der Waals surface area contributed by atoms with E-state index in [1.165, 1.54) is 0 Å². The number of anilines is 1. The number of nitrogens with one attached hydrogen (secondary N) is 1. The summed E-state index contributed by atoms with van der Waals surface area (Å²) in [6, 6.07) is 16.7. The van der Waals surface area contributed by atoms with Gasteiger partial charge in [-0.15, -0.1) is 0 Å². The van der Waals surface area contributed by atoms with Crippen molar-refractivity contribution in [3.8, 4) is 11.8 Å². The summed E-state index contributed by atoms with van der Waals surface area (Å²) in [5, 5.41) is 3.35. The third kappa shape index (κ3) is 4.40. The summed E-state index contributed by atoms with van der Waals surface area (Å²) in [4.78, 5) is 26.1. The molecule has 0 spiro atoms. The molecule has 0 radical (unpaired) electrons. The molecule has 4 nitrogen and oxygen atoms in total. The van der Waals surface area contributed by atoms with Crippen LogP contribution in [0.3, 0.4) is 0 Å². The molecule has 2 amide bonds. The highest BCUT2D eigenvalue weighted by molar-refractivity contribution is 6.31. The molecule has 1 saturated heterocycles. The van der Waals surface area contributed by atoms with Crippen LogP contribution in [0.2, 0.25) is 5.02 Å². The molecule has 2 aromatic rings. The zero-order chi connectivity index (χ0) is 17.6. The van der Waals surface area contributed by atoms with Gasteiger partial charge >= 0.3 is 0 Å². The summed E-state index contributed by atoms with van der Waals surface area (Å²) in [6.07, 6.45) is 0.199. The number of halogens is 1. The van der Waals surface area contributed by atoms with Crippen molar-refractivity contribution in [1.29, 1.82) is 0 Å². The predicted molar refractivity (Wildman–Crippen MR) is 98.2 cm³/mol. The third-order valence-electron chi connectivity index (χ3n) is 3.97. The third-order valence-corrected chi connectivity index (χ3v) is 4.21. The van der Waals surface area contributed by atoms with Gasteiger partial charge in [-0.3, -0.25) is 9.59 Å². The van der Waals surface area contributed by atoms with E-state index < -0.39 is 0 Å². The van der Waals surface area contributed by atoms with Gasteiger partial charge in [0.25, 0.3) is 0 Å². The van der Waals surface area contributed by atoms with Crippen molar-refractivity contribution in [2.45, 2.75) is 6.42 Å². The van der Waals surface area contributed by atoms with Gasteiger partial charge in [-0.25, -0.2) is 0 Å². The van der Waals surface area contributed by atoms with Crippen LogP contribution in [-0.2, 0) is 9.59 Å². The van der Waals surface area contributed by atoms with Crippen LogP contribution in [0.25, 0.3) is 0 Å². The Kier molecular flexibility index (Phi) is 5.37. The van der Waals surface area contributed by atoms with Crippen LogP contribution < -0.4 is 10.2 Å². The van der Waals surface area contributed by atoms with E-state index in [-0.39, 0.29) is 30.7 Å². The van der Waals surface area contributed by atoms with Gasteiger partial charge in [0.15, 0.2) is 0 Å². The lowest BCUT2D eigenvalue weighted by molar-refractivity contribution is -0.126. The highest BCUT2D eigenvalue weighted by Crippen LogP contribution is 2.27.